The third kappa shape index (κ3) is 8.53. The van der Waals surface area contributed by atoms with Gasteiger partial charge in [-0.15, -0.1) is 22.7 Å². The highest BCUT2D eigenvalue weighted by Gasteiger charge is 2.12. The van der Waals surface area contributed by atoms with E-state index in [0.29, 0.717) is 0 Å². The Balaban J connectivity index is 1.39. The van der Waals surface area contributed by atoms with Crippen LogP contribution in [0.1, 0.15) is 102 Å². The predicted molar refractivity (Wildman–Crippen MR) is 180 cm³/mol. The van der Waals surface area contributed by atoms with Gasteiger partial charge < -0.3 is 0 Å². The summed E-state index contributed by atoms with van der Waals surface area (Å²) < 4.78 is 2.60. The summed E-state index contributed by atoms with van der Waals surface area (Å²) in [6.07, 6.45) is 18.5. The van der Waals surface area contributed by atoms with E-state index in [0.717, 1.165) is 0 Å². The summed E-state index contributed by atoms with van der Waals surface area (Å²) in [4.78, 5) is 2.73. The Morgan fingerprint density at radius 2 is 0.895 bits per heavy atom. The molecule has 0 amide bonds. The predicted octanol–water partition coefficient (Wildman–Crippen LogP) is 13.6. The Bertz CT molecular complexity index is 1180. The summed E-state index contributed by atoms with van der Waals surface area (Å²) in [6, 6.07) is 18.7. The molecule has 2 heterocycles. The van der Waals surface area contributed by atoms with Gasteiger partial charge >= 0.3 is 0 Å². The van der Waals surface area contributed by atoms with Gasteiger partial charge in [0.1, 0.15) is 0 Å². The Hall–Kier alpha value is -0.940. The molecule has 2 aromatic heterocycles. The van der Waals surface area contributed by atoms with Gasteiger partial charge in [0.2, 0.25) is 0 Å². The molecule has 4 heteroatoms. The van der Waals surface area contributed by atoms with Crippen molar-refractivity contribution >= 4 is 65.3 Å². The molecule has 0 spiro atoms. The maximum absolute atomic E-state index is 3.85. The number of hydrogen-bond acceptors (Lipinski definition) is 2. The summed E-state index contributed by atoms with van der Waals surface area (Å²) in [7, 11) is 0. The fraction of sp³-hybridized carbons (Fsp3) is 0.471. The van der Waals surface area contributed by atoms with Crippen LogP contribution in [-0.2, 0) is 12.8 Å². The number of hydrogen-bond donors (Lipinski definition) is 0. The average Bonchev–Trinajstić information content (AvgIpc) is 3.49. The lowest BCUT2D eigenvalue weighted by Gasteiger charge is -2.05. The Morgan fingerprint density at radius 1 is 0.500 bits per heavy atom. The second-order valence-corrected chi connectivity index (χ2v) is 15.4. The van der Waals surface area contributed by atoms with E-state index in [1.807, 2.05) is 22.7 Å². The van der Waals surface area contributed by atoms with Gasteiger partial charge in [-0.05, 0) is 115 Å². The molecule has 0 bridgehead atoms. The van der Waals surface area contributed by atoms with Gasteiger partial charge in [0.15, 0.2) is 0 Å². The van der Waals surface area contributed by atoms with Crippen molar-refractivity contribution in [2.24, 2.45) is 0 Å². The molecule has 0 radical (unpaired) electrons. The quantitative estimate of drug-likeness (QED) is 0.104. The molecule has 4 rings (SSSR count). The lowest BCUT2D eigenvalue weighted by atomic mass is 10.0. The number of rotatable bonds is 16. The largest absolute Gasteiger partial charge is 0.128 e. The molecular formula is C34H42Br2S2. The fourth-order valence-corrected chi connectivity index (χ4v) is 8.72. The highest BCUT2D eigenvalue weighted by molar-refractivity contribution is 9.11. The third-order valence-corrected chi connectivity index (χ3v) is 11.5. The molecule has 0 saturated heterocycles. The summed E-state index contributed by atoms with van der Waals surface area (Å²) >= 11 is 11.4. The fourth-order valence-electron chi connectivity index (χ4n) is 5.18. The third-order valence-electron chi connectivity index (χ3n) is 7.52. The van der Waals surface area contributed by atoms with E-state index in [-0.39, 0.29) is 0 Å². The first kappa shape index (κ1) is 30.0. The van der Waals surface area contributed by atoms with Crippen molar-refractivity contribution < 1.29 is 0 Å². The number of unbranched alkanes of at least 4 members (excludes halogenated alkanes) is 10. The molecule has 0 fully saturated rings. The van der Waals surface area contributed by atoms with Gasteiger partial charge in [0.05, 0.1) is 7.57 Å². The molecule has 0 unspecified atom stereocenters. The lowest BCUT2D eigenvalue weighted by Crippen LogP contribution is -1.85. The van der Waals surface area contributed by atoms with Crippen LogP contribution in [-0.4, -0.2) is 0 Å². The minimum Gasteiger partial charge on any atom is -0.128 e. The van der Waals surface area contributed by atoms with E-state index in [2.05, 4.69) is 94.2 Å². The first-order valence-electron chi connectivity index (χ1n) is 14.7. The standard InChI is InChI=1S/C34H42Br2S2/c1-3-5-7-9-11-13-15-29-23-31(37-33(29)35)27-19-17-26-22-28(20-18-25(26)21-27)32-24-30(34(36)38-32)16-14-12-10-8-6-4-2/h17-24H,3-16H2,1-2H3. The maximum Gasteiger partial charge on any atom is 0.0737 e. The molecule has 2 aromatic carbocycles. The van der Waals surface area contributed by atoms with E-state index in [4.69, 9.17) is 0 Å². The zero-order valence-corrected chi connectivity index (χ0v) is 27.9. The van der Waals surface area contributed by atoms with Gasteiger partial charge in [-0.2, -0.15) is 0 Å². The minimum atomic E-state index is 1.18. The van der Waals surface area contributed by atoms with E-state index >= 15 is 0 Å². The second kappa shape index (κ2) is 15.7. The molecule has 0 aliphatic heterocycles. The van der Waals surface area contributed by atoms with Gasteiger partial charge in [-0.1, -0.05) is 102 Å². The van der Waals surface area contributed by atoms with Crippen molar-refractivity contribution in [2.75, 3.05) is 0 Å². The van der Waals surface area contributed by atoms with Crippen LogP contribution in [0.5, 0.6) is 0 Å². The topological polar surface area (TPSA) is 0 Å². The first-order chi connectivity index (χ1) is 18.6. The van der Waals surface area contributed by atoms with Gasteiger partial charge in [-0.3, -0.25) is 0 Å². The molecule has 204 valence electrons. The summed E-state index contributed by atoms with van der Waals surface area (Å²) in [5, 5.41) is 2.63. The first-order valence-corrected chi connectivity index (χ1v) is 17.9. The van der Waals surface area contributed by atoms with E-state index in [1.54, 1.807) is 0 Å². The Kier molecular flexibility index (Phi) is 12.4. The zero-order chi connectivity index (χ0) is 26.7. The van der Waals surface area contributed by atoms with Crippen LogP contribution < -0.4 is 0 Å². The number of benzene rings is 2. The van der Waals surface area contributed by atoms with Crippen molar-refractivity contribution in [2.45, 2.75) is 104 Å². The van der Waals surface area contributed by atoms with Crippen LogP contribution in [0.3, 0.4) is 0 Å². The van der Waals surface area contributed by atoms with E-state index < -0.39 is 0 Å². The highest BCUT2D eigenvalue weighted by atomic mass is 79.9. The smallest absolute Gasteiger partial charge is 0.0737 e. The van der Waals surface area contributed by atoms with Crippen molar-refractivity contribution in [1.82, 2.24) is 0 Å². The molecule has 4 aromatic rings. The average molecular weight is 675 g/mol. The summed E-state index contributed by atoms with van der Waals surface area (Å²) in [6.45, 7) is 4.57. The molecular weight excluding hydrogens is 632 g/mol. The molecule has 38 heavy (non-hydrogen) atoms. The zero-order valence-electron chi connectivity index (χ0n) is 23.1. The Labute approximate surface area is 255 Å². The van der Waals surface area contributed by atoms with Crippen LogP contribution >= 0.6 is 54.5 Å². The number of thiophene rings is 2. The molecule has 0 aliphatic carbocycles. The molecule has 0 nitrogen and oxygen atoms in total. The number of fused-ring (bicyclic) bond motifs is 1. The van der Waals surface area contributed by atoms with Crippen molar-refractivity contribution in [3.8, 4) is 20.9 Å². The van der Waals surface area contributed by atoms with Gasteiger partial charge in [0.25, 0.3) is 0 Å². The van der Waals surface area contributed by atoms with Crippen molar-refractivity contribution in [3.63, 3.8) is 0 Å². The number of halogens is 2. The maximum atomic E-state index is 3.85. The number of aryl methyl sites for hydroxylation is 2. The van der Waals surface area contributed by atoms with E-state index in [1.165, 1.54) is 140 Å². The van der Waals surface area contributed by atoms with Gasteiger partial charge in [0, 0.05) is 9.75 Å². The minimum absolute atomic E-state index is 1.18. The molecule has 0 aliphatic rings. The van der Waals surface area contributed by atoms with Crippen LogP contribution in [0, 0.1) is 0 Å². The van der Waals surface area contributed by atoms with Crippen molar-refractivity contribution in [1.29, 1.82) is 0 Å². The summed E-state index contributed by atoms with van der Waals surface area (Å²) in [5.41, 5.74) is 5.59. The van der Waals surface area contributed by atoms with Gasteiger partial charge in [-0.25, -0.2) is 0 Å². The second-order valence-electron chi connectivity index (χ2n) is 10.6. The van der Waals surface area contributed by atoms with Crippen LogP contribution in [0.25, 0.3) is 31.7 Å². The monoisotopic (exact) mass is 672 g/mol. The molecule has 0 saturated carbocycles. The SMILES string of the molecule is CCCCCCCCc1cc(-c2ccc3cc(-c4cc(CCCCCCCC)c(Br)s4)ccc3c2)sc1Br. The normalized spacial score (nSPS) is 11.6. The van der Waals surface area contributed by atoms with Crippen LogP contribution in [0.15, 0.2) is 56.1 Å². The van der Waals surface area contributed by atoms with Crippen LogP contribution in [0.2, 0.25) is 0 Å². The highest BCUT2D eigenvalue weighted by Crippen LogP contribution is 2.39. The lowest BCUT2D eigenvalue weighted by molar-refractivity contribution is 0.607. The van der Waals surface area contributed by atoms with Crippen LogP contribution in [0.4, 0.5) is 0 Å². The van der Waals surface area contributed by atoms with Crippen molar-refractivity contribution in [3.05, 3.63) is 67.2 Å². The molecule has 0 N–H and O–H groups in total. The molecule has 0 atom stereocenters. The Morgan fingerprint density at radius 3 is 1.32 bits per heavy atom. The van der Waals surface area contributed by atoms with E-state index in [9.17, 15) is 0 Å². The summed E-state index contributed by atoms with van der Waals surface area (Å²) in [5.74, 6) is 0.